The lowest BCUT2D eigenvalue weighted by Crippen LogP contribution is -2.23. The third-order valence-corrected chi connectivity index (χ3v) is 4.96. The quantitative estimate of drug-likeness (QED) is 0.569. The number of carbonyl (C=O) groups excluding carboxylic acids is 1. The second kappa shape index (κ2) is 6.78. The van der Waals surface area contributed by atoms with Crippen LogP contribution < -0.4 is 5.32 Å². The number of anilines is 1. The molecular weight excluding hydrogens is 346 g/mol. The van der Waals surface area contributed by atoms with Crippen molar-refractivity contribution in [2.45, 2.75) is 24.1 Å². The fourth-order valence-electron chi connectivity index (χ4n) is 2.22. The van der Waals surface area contributed by atoms with Gasteiger partial charge in [-0.15, -0.1) is 0 Å². The van der Waals surface area contributed by atoms with E-state index in [1.165, 1.54) is 18.1 Å². The Bertz CT molecular complexity index is 911. The molecule has 0 saturated carbocycles. The minimum atomic E-state index is -0.332. The molecule has 2 aromatic heterocycles. The predicted molar refractivity (Wildman–Crippen MR) is 96.4 cm³/mol. The van der Waals surface area contributed by atoms with Crippen molar-refractivity contribution in [2.24, 2.45) is 7.05 Å². The molecule has 1 N–H and O–H groups in total. The minimum Gasteiger partial charge on any atom is -0.325 e. The zero-order chi connectivity index (χ0) is 17.3. The number of carbonyl (C=O) groups is 1. The van der Waals surface area contributed by atoms with Gasteiger partial charge in [0.2, 0.25) is 5.91 Å². The molecule has 1 aromatic carbocycles. The molecule has 2 heterocycles. The van der Waals surface area contributed by atoms with Gasteiger partial charge in [-0.05, 0) is 31.5 Å². The van der Waals surface area contributed by atoms with E-state index in [9.17, 15) is 4.79 Å². The summed E-state index contributed by atoms with van der Waals surface area (Å²) in [5.74, 6) is -0.110. The molecule has 24 heavy (non-hydrogen) atoms. The summed E-state index contributed by atoms with van der Waals surface area (Å²) >= 11 is 7.37. The third-order valence-electron chi connectivity index (χ3n) is 3.61. The summed E-state index contributed by atoms with van der Waals surface area (Å²) in [6.45, 7) is 3.76. The van der Waals surface area contributed by atoms with Crippen LogP contribution in [0.1, 0.15) is 12.5 Å². The Hall–Kier alpha value is -2.12. The van der Waals surface area contributed by atoms with Crippen molar-refractivity contribution in [3.63, 3.8) is 0 Å². The lowest BCUT2D eigenvalue weighted by molar-refractivity contribution is -0.115. The minimum absolute atomic E-state index is 0.110. The van der Waals surface area contributed by atoms with E-state index in [4.69, 9.17) is 11.6 Å². The second-order valence-electron chi connectivity index (χ2n) is 5.39. The van der Waals surface area contributed by atoms with Crippen LogP contribution in [-0.2, 0) is 11.8 Å². The largest absolute Gasteiger partial charge is 0.325 e. The first-order valence-corrected chi connectivity index (χ1v) is 8.58. The number of halogens is 1. The highest BCUT2D eigenvalue weighted by Crippen LogP contribution is 2.28. The van der Waals surface area contributed by atoms with Gasteiger partial charge in [-0.1, -0.05) is 29.4 Å². The molecule has 0 bridgehead atoms. The Morgan fingerprint density at radius 2 is 2.17 bits per heavy atom. The lowest BCUT2D eigenvalue weighted by Gasteiger charge is -2.13. The Morgan fingerprint density at radius 1 is 1.38 bits per heavy atom. The number of thioether (sulfide) groups is 1. The summed E-state index contributed by atoms with van der Waals surface area (Å²) in [5, 5.41) is 8.93. The van der Waals surface area contributed by atoms with Crippen molar-refractivity contribution in [3.8, 4) is 0 Å². The van der Waals surface area contributed by atoms with Gasteiger partial charge in [0.05, 0.1) is 16.8 Å². The van der Waals surface area contributed by atoms with Crippen LogP contribution in [0.2, 0.25) is 5.02 Å². The first-order chi connectivity index (χ1) is 11.5. The number of nitrogens with one attached hydrogen (secondary N) is 1. The van der Waals surface area contributed by atoms with Gasteiger partial charge in [0.1, 0.15) is 11.4 Å². The second-order valence-corrected chi connectivity index (χ2v) is 7.16. The van der Waals surface area contributed by atoms with E-state index in [0.717, 1.165) is 21.6 Å². The van der Waals surface area contributed by atoms with Gasteiger partial charge < -0.3 is 5.32 Å². The Labute approximate surface area is 148 Å². The van der Waals surface area contributed by atoms with E-state index in [1.54, 1.807) is 23.0 Å². The first-order valence-electron chi connectivity index (χ1n) is 7.32. The van der Waals surface area contributed by atoms with Crippen LogP contribution >= 0.6 is 23.4 Å². The van der Waals surface area contributed by atoms with Crippen molar-refractivity contribution in [1.29, 1.82) is 0 Å². The fourth-order valence-corrected chi connectivity index (χ4v) is 3.27. The lowest BCUT2D eigenvalue weighted by atomic mass is 10.2. The number of benzene rings is 1. The number of aromatic nitrogens is 4. The molecular formula is C16H16ClN5OS. The van der Waals surface area contributed by atoms with Crippen molar-refractivity contribution in [2.75, 3.05) is 5.32 Å². The molecule has 0 saturated heterocycles. The highest BCUT2D eigenvalue weighted by Gasteiger charge is 2.18. The van der Waals surface area contributed by atoms with Gasteiger partial charge in [0, 0.05) is 17.8 Å². The van der Waals surface area contributed by atoms with Crippen LogP contribution in [0.25, 0.3) is 11.0 Å². The van der Waals surface area contributed by atoms with E-state index in [2.05, 4.69) is 20.4 Å². The van der Waals surface area contributed by atoms with E-state index in [1.807, 2.05) is 27.0 Å². The molecule has 0 spiro atoms. The van der Waals surface area contributed by atoms with Crippen LogP contribution in [0.5, 0.6) is 0 Å². The topological polar surface area (TPSA) is 72.7 Å². The molecule has 1 amide bonds. The van der Waals surface area contributed by atoms with Crippen molar-refractivity contribution in [3.05, 3.63) is 41.3 Å². The summed E-state index contributed by atoms with van der Waals surface area (Å²) in [4.78, 5) is 21.0. The number of amides is 1. The van der Waals surface area contributed by atoms with Crippen molar-refractivity contribution in [1.82, 2.24) is 19.7 Å². The molecule has 1 unspecified atom stereocenters. The van der Waals surface area contributed by atoms with Crippen molar-refractivity contribution >= 4 is 46.0 Å². The maximum atomic E-state index is 12.5. The molecule has 124 valence electrons. The first kappa shape index (κ1) is 16.7. The Kier molecular flexibility index (Phi) is 4.73. The molecule has 8 heteroatoms. The number of fused-ring (bicyclic) bond motifs is 1. The molecule has 0 aliphatic heterocycles. The number of rotatable bonds is 4. The van der Waals surface area contributed by atoms with Crippen LogP contribution in [0.15, 0.2) is 35.7 Å². The van der Waals surface area contributed by atoms with Gasteiger partial charge in [-0.25, -0.2) is 9.97 Å². The van der Waals surface area contributed by atoms with Gasteiger partial charge in [0.15, 0.2) is 5.65 Å². The van der Waals surface area contributed by atoms with E-state index >= 15 is 0 Å². The molecule has 0 aliphatic carbocycles. The molecule has 3 aromatic rings. The van der Waals surface area contributed by atoms with Crippen LogP contribution in [-0.4, -0.2) is 30.9 Å². The van der Waals surface area contributed by atoms with E-state index in [-0.39, 0.29) is 11.2 Å². The summed E-state index contributed by atoms with van der Waals surface area (Å²) < 4.78 is 1.68. The molecule has 6 nitrogen and oxygen atoms in total. The molecule has 3 rings (SSSR count). The fraction of sp³-hybridized carbons (Fsp3) is 0.250. The van der Waals surface area contributed by atoms with Gasteiger partial charge >= 0.3 is 0 Å². The van der Waals surface area contributed by atoms with Gasteiger partial charge in [-0.3, -0.25) is 9.48 Å². The predicted octanol–water partition coefficient (Wildman–Crippen LogP) is 3.44. The van der Waals surface area contributed by atoms with E-state index < -0.39 is 0 Å². The summed E-state index contributed by atoms with van der Waals surface area (Å²) in [7, 11) is 1.82. The molecule has 1 atom stereocenters. The van der Waals surface area contributed by atoms with Gasteiger partial charge in [0.25, 0.3) is 0 Å². The molecule has 0 aliphatic rings. The number of aryl methyl sites for hydroxylation is 2. The number of hydrogen-bond acceptors (Lipinski definition) is 5. The van der Waals surface area contributed by atoms with Crippen LogP contribution in [0.3, 0.4) is 0 Å². The maximum Gasteiger partial charge on any atom is 0.237 e. The van der Waals surface area contributed by atoms with E-state index in [0.29, 0.717) is 10.7 Å². The molecule has 0 fully saturated rings. The number of nitrogens with zero attached hydrogens (tertiary/aromatic N) is 4. The maximum absolute atomic E-state index is 12.5. The average Bonchev–Trinajstić information content (AvgIpc) is 2.93. The Balaban J connectivity index is 1.77. The highest BCUT2D eigenvalue weighted by atomic mass is 35.5. The number of hydrogen-bond donors (Lipinski definition) is 1. The molecule has 0 radical (unpaired) electrons. The third kappa shape index (κ3) is 3.37. The summed E-state index contributed by atoms with van der Waals surface area (Å²) in [6.07, 6.45) is 3.20. The zero-order valence-electron chi connectivity index (χ0n) is 13.4. The monoisotopic (exact) mass is 361 g/mol. The summed E-state index contributed by atoms with van der Waals surface area (Å²) in [5.41, 5.74) is 2.42. The zero-order valence-corrected chi connectivity index (χ0v) is 15.0. The normalized spacial score (nSPS) is 12.3. The van der Waals surface area contributed by atoms with Crippen LogP contribution in [0, 0.1) is 6.92 Å². The average molecular weight is 362 g/mol. The Morgan fingerprint density at radius 3 is 2.96 bits per heavy atom. The summed E-state index contributed by atoms with van der Waals surface area (Å²) in [6, 6.07) is 5.42. The van der Waals surface area contributed by atoms with Crippen molar-refractivity contribution < 1.29 is 4.79 Å². The smallest absolute Gasteiger partial charge is 0.237 e. The van der Waals surface area contributed by atoms with Gasteiger partial charge in [-0.2, -0.15) is 5.10 Å². The standard InChI is InChI=1S/C16H16ClN5OS/c1-9-4-5-11(17)6-13(9)21-15(23)10(2)24-16-12-7-20-22(3)14(12)18-8-19-16/h4-8,10H,1-3H3,(H,21,23). The highest BCUT2D eigenvalue weighted by molar-refractivity contribution is 8.00. The van der Waals surface area contributed by atoms with Crippen LogP contribution in [0.4, 0.5) is 5.69 Å². The SMILES string of the molecule is Cc1ccc(Cl)cc1NC(=O)C(C)Sc1ncnc2c1cnn2C.